The first-order chi connectivity index (χ1) is 10.7. The SMILES string of the molecule is C=C(C)C(=O)O.C=C(C)C(=O)O.CC12CCC(C(=O)C1=O)C2(C)C. The van der Waals surface area contributed by atoms with E-state index in [4.69, 9.17) is 10.2 Å². The summed E-state index contributed by atoms with van der Waals surface area (Å²) in [7, 11) is 0. The van der Waals surface area contributed by atoms with Crippen molar-refractivity contribution < 1.29 is 29.4 Å². The number of fused-ring (bicyclic) bond motifs is 2. The van der Waals surface area contributed by atoms with Crippen LogP contribution in [0.25, 0.3) is 0 Å². The van der Waals surface area contributed by atoms with Crippen molar-refractivity contribution in [1.82, 2.24) is 0 Å². The van der Waals surface area contributed by atoms with E-state index in [0.29, 0.717) is 0 Å². The summed E-state index contributed by atoms with van der Waals surface area (Å²) in [5.41, 5.74) is -0.0966. The van der Waals surface area contributed by atoms with Crippen molar-refractivity contribution in [3.63, 3.8) is 0 Å². The molecule has 0 saturated heterocycles. The predicted molar refractivity (Wildman–Crippen MR) is 89.5 cm³/mol. The van der Waals surface area contributed by atoms with Gasteiger partial charge in [-0.05, 0) is 32.1 Å². The summed E-state index contributed by atoms with van der Waals surface area (Å²) in [6, 6.07) is 0. The standard InChI is InChI=1S/C10H14O2.2C4H6O2/c1-9(2)6-4-5-10(9,3)8(12)7(6)11;2*1-3(2)4(5)6/h6H,4-5H2,1-3H3;2*1H2,2H3,(H,5,6). The molecule has 6 nitrogen and oxygen atoms in total. The Morgan fingerprint density at radius 3 is 1.46 bits per heavy atom. The van der Waals surface area contributed by atoms with Crippen molar-refractivity contribution in [3.8, 4) is 0 Å². The molecule has 0 radical (unpaired) electrons. The lowest BCUT2D eigenvalue weighted by molar-refractivity contribution is -0.141. The molecule has 2 saturated carbocycles. The zero-order valence-corrected chi connectivity index (χ0v) is 14.9. The van der Waals surface area contributed by atoms with Gasteiger partial charge in [-0.25, -0.2) is 9.59 Å². The molecule has 2 aliphatic carbocycles. The number of hydrogen-bond donors (Lipinski definition) is 2. The highest BCUT2D eigenvalue weighted by atomic mass is 16.4. The quantitative estimate of drug-likeness (QED) is 0.592. The van der Waals surface area contributed by atoms with Gasteiger partial charge in [0.1, 0.15) is 0 Å². The van der Waals surface area contributed by atoms with Gasteiger partial charge < -0.3 is 10.2 Å². The zero-order valence-electron chi connectivity index (χ0n) is 14.9. The number of aliphatic carboxylic acids is 2. The first-order valence-electron chi connectivity index (χ1n) is 7.56. The Bertz CT molecular complexity index is 551. The molecule has 2 bridgehead atoms. The maximum absolute atomic E-state index is 11.6. The predicted octanol–water partition coefficient (Wildman–Crippen LogP) is 2.87. The molecule has 24 heavy (non-hydrogen) atoms. The lowest BCUT2D eigenvalue weighted by atomic mass is 9.70. The third-order valence-corrected chi connectivity index (χ3v) is 5.00. The van der Waals surface area contributed by atoms with E-state index >= 15 is 0 Å². The minimum atomic E-state index is -0.935. The zero-order chi connectivity index (χ0) is 19.5. The second-order valence-electron chi connectivity index (χ2n) is 7.01. The Morgan fingerprint density at radius 2 is 1.33 bits per heavy atom. The van der Waals surface area contributed by atoms with Crippen molar-refractivity contribution in [1.29, 1.82) is 0 Å². The van der Waals surface area contributed by atoms with Gasteiger partial charge in [0.2, 0.25) is 11.6 Å². The van der Waals surface area contributed by atoms with Crippen LogP contribution in [0.5, 0.6) is 0 Å². The Morgan fingerprint density at radius 1 is 1.00 bits per heavy atom. The maximum atomic E-state index is 11.6. The molecule has 2 rings (SSSR count). The van der Waals surface area contributed by atoms with E-state index in [-0.39, 0.29) is 39.5 Å². The van der Waals surface area contributed by atoms with Crippen LogP contribution in [0.2, 0.25) is 0 Å². The van der Waals surface area contributed by atoms with Crippen molar-refractivity contribution >= 4 is 23.5 Å². The van der Waals surface area contributed by atoms with E-state index in [1.807, 2.05) is 20.8 Å². The van der Waals surface area contributed by atoms with Crippen molar-refractivity contribution in [2.45, 2.75) is 47.5 Å². The fourth-order valence-electron chi connectivity index (χ4n) is 2.80. The summed E-state index contributed by atoms with van der Waals surface area (Å²) >= 11 is 0. The maximum Gasteiger partial charge on any atom is 0.330 e. The number of carbonyl (C=O) groups is 4. The van der Waals surface area contributed by atoms with Gasteiger partial charge in [0, 0.05) is 22.5 Å². The van der Waals surface area contributed by atoms with Gasteiger partial charge >= 0.3 is 11.9 Å². The first kappa shape index (κ1) is 21.8. The molecule has 134 valence electrons. The molecular formula is C18H26O6. The number of ketones is 2. The van der Waals surface area contributed by atoms with E-state index in [9.17, 15) is 19.2 Å². The van der Waals surface area contributed by atoms with E-state index in [0.717, 1.165) is 12.8 Å². The number of hydrogen-bond acceptors (Lipinski definition) is 4. The van der Waals surface area contributed by atoms with Crippen LogP contribution in [0.15, 0.2) is 24.3 Å². The molecule has 2 unspecified atom stereocenters. The molecule has 0 aromatic rings. The molecule has 0 spiro atoms. The van der Waals surface area contributed by atoms with Crippen molar-refractivity contribution in [2.75, 3.05) is 0 Å². The van der Waals surface area contributed by atoms with Crippen LogP contribution < -0.4 is 0 Å². The second kappa shape index (κ2) is 7.55. The number of carboxylic acid groups (broad SMARTS) is 2. The number of rotatable bonds is 2. The molecule has 0 aliphatic heterocycles. The van der Waals surface area contributed by atoms with Crippen molar-refractivity contribution in [3.05, 3.63) is 24.3 Å². The molecule has 6 heteroatoms. The summed E-state index contributed by atoms with van der Waals surface area (Å²) in [6.45, 7) is 15.2. The van der Waals surface area contributed by atoms with Crippen LogP contribution in [0.1, 0.15) is 47.5 Å². The summed E-state index contributed by atoms with van der Waals surface area (Å²) < 4.78 is 0. The summed E-state index contributed by atoms with van der Waals surface area (Å²) in [4.78, 5) is 42.2. The van der Waals surface area contributed by atoms with Crippen LogP contribution in [0.4, 0.5) is 0 Å². The van der Waals surface area contributed by atoms with Crippen molar-refractivity contribution in [2.24, 2.45) is 16.7 Å². The molecule has 2 aliphatic rings. The molecule has 0 amide bonds. The van der Waals surface area contributed by atoms with E-state index in [1.54, 1.807) is 0 Å². The Balaban J connectivity index is 0.000000377. The van der Waals surface area contributed by atoms with Crippen LogP contribution >= 0.6 is 0 Å². The highest BCUT2D eigenvalue weighted by Crippen LogP contribution is 2.61. The fourth-order valence-corrected chi connectivity index (χ4v) is 2.80. The third kappa shape index (κ3) is 4.19. The normalized spacial score (nSPS) is 25.8. The van der Waals surface area contributed by atoms with Crippen LogP contribution in [-0.4, -0.2) is 33.7 Å². The van der Waals surface area contributed by atoms with E-state index < -0.39 is 11.9 Å². The van der Waals surface area contributed by atoms with E-state index in [1.165, 1.54) is 13.8 Å². The average molecular weight is 338 g/mol. The van der Waals surface area contributed by atoms with Gasteiger partial charge in [0.25, 0.3) is 0 Å². The molecule has 0 aromatic carbocycles. The molecule has 0 aromatic heterocycles. The van der Waals surface area contributed by atoms with E-state index in [2.05, 4.69) is 13.2 Å². The highest BCUT2D eigenvalue weighted by molar-refractivity contribution is 6.43. The third-order valence-electron chi connectivity index (χ3n) is 5.00. The number of Topliss-reactive ketones (excluding diaryl/α,β-unsaturated/α-hetero) is 2. The van der Waals surface area contributed by atoms with Crippen LogP contribution in [0.3, 0.4) is 0 Å². The molecule has 2 atom stereocenters. The smallest absolute Gasteiger partial charge is 0.330 e. The average Bonchev–Trinajstić information content (AvgIpc) is 2.75. The topological polar surface area (TPSA) is 109 Å². The molecule has 0 heterocycles. The van der Waals surface area contributed by atoms with Gasteiger partial charge in [0.05, 0.1) is 0 Å². The Hall–Kier alpha value is -2.24. The van der Waals surface area contributed by atoms with Gasteiger partial charge in [0.15, 0.2) is 0 Å². The summed E-state index contributed by atoms with van der Waals surface area (Å²) in [6.07, 6.45) is 1.81. The Kier molecular flexibility index (Phi) is 6.85. The molecular weight excluding hydrogens is 312 g/mol. The lowest BCUT2D eigenvalue weighted by Gasteiger charge is -2.31. The van der Waals surface area contributed by atoms with Gasteiger partial charge in [-0.3, -0.25) is 9.59 Å². The largest absolute Gasteiger partial charge is 0.478 e. The monoisotopic (exact) mass is 338 g/mol. The van der Waals surface area contributed by atoms with Crippen LogP contribution in [0, 0.1) is 16.7 Å². The van der Waals surface area contributed by atoms with Gasteiger partial charge in [-0.15, -0.1) is 0 Å². The highest BCUT2D eigenvalue weighted by Gasteiger charge is 2.66. The number of carboxylic acids is 2. The van der Waals surface area contributed by atoms with Gasteiger partial charge in [-0.1, -0.05) is 33.9 Å². The van der Waals surface area contributed by atoms with Gasteiger partial charge in [-0.2, -0.15) is 0 Å². The number of carbonyl (C=O) groups excluding carboxylic acids is 2. The Labute approximate surface area is 142 Å². The second-order valence-corrected chi connectivity index (χ2v) is 7.01. The van der Waals surface area contributed by atoms with Crippen LogP contribution in [-0.2, 0) is 19.2 Å². The lowest BCUT2D eigenvalue weighted by Crippen LogP contribution is -2.33. The summed E-state index contributed by atoms with van der Waals surface area (Å²) in [5.74, 6) is -2.10. The summed E-state index contributed by atoms with van der Waals surface area (Å²) in [5, 5.41) is 15.8. The first-order valence-corrected chi connectivity index (χ1v) is 7.56. The minimum Gasteiger partial charge on any atom is -0.478 e. The fraction of sp³-hybridized carbons (Fsp3) is 0.556. The minimum absolute atomic E-state index is 0.00926. The molecule has 2 N–H and O–H groups in total. The molecule has 2 fully saturated rings.